The third kappa shape index (κ3) is 32.9. The first-order valence-corrected chi connectivity index (χ1v) is 20.5. The van der Waals surface area contributed by atoms with Gasteiger partial charge in [-0.3, -0.25) is 23.4 Å². The molecule has 50 heavy (non-hydrogen) atoms. The van der Waals surface area contributed by atoms with E-state index in [1.807, 2.05) is 0 Å². The standard InChI is InChI=1S/C38H68NO10P/c1-3-5-7-9-11-13-15-17-19-21-23-25-27-29-36(40)46-31-34(32-47-50(44,45)48-33-35(39)38(42)43)49-37(41)30-28-26-24-22-20-18-16-14-12-10-8-6-4-2/h8,10,13-16,34-35H,3-7,9,11-12,17-33,39H2,1-2H3,(H,42,43)(H,44,45)/b10-8-,15-13-,16-14-. The molecule has 0 aliphatic rings. The van der Waals surface area contributed by atoms with Gasteiger partial charge in [-0.05, 0) is 64.2 Å². The number of unbranched alkanes of at least 4 members (excludes halogenated alkanes) is 15. The van der Waals surface area contributed by atoms with Crippen molar-refractivity contribution < 1.29 is 47.5 Å². The average molecular weight is 730 g/mol. The number of carboxylic acids is 1. The third-order valence-corrected chi connectivity index (χ3v) is 8.79. The Kier molecular flexibility index (Phi) is 32.3. The highest BCUT2D eigenvalue weighted by molar-refractivity contribution is 7.47. The minimum Gasteiger partial charge on any atom is -0.480 e. The van der Waals surface area contributed by atoms with Gasteiger partial charge >= 0.3 is 25.7 Å². The molecule has 3 unspecified atom stereocenters. The highest BCUT2D eigenvalue weighted by Crippen LogP contribution is 2.43. The Balaban J connectivity index is 4.49. The fourth-order valence-electron chi connectivity index (χ4n) is 4.80. The van der Waals surface area contributed by atoms with Gasteiger partial charge in [-0.25, -0.2) is 4.57 Å². The van der Waals surface area contributed by atoms with Crippen molar-refractivity contribution in [3.05, 3.63) is 36.5 Å². The molecule has 0 heterocycles. The number of hydrogen-bond acceptors (Lipinski definition) is 9. The first-order valence-electron chi connectivity index (χ1n) is 19.0. The SMILES string of the molecule is CCC/C=C\C/C=C\CCCCCCCC(=O)OC(COC(=O)CCCCCCC/C=C\CCCCCC)COP(=O)(O)OCC(N)C(=O)O. The second-order valence-corrected chi connectivity index (χ2v) is 14.2. The van der Waals surface area contributed by atoms with Gasteiger partial charge in [0, 0.05) is 12.8 Å². The molecule has 0 bridgehead atoms. The lowest BCUT2D eigenvalue weighted by Crippen LogP contribution is -2.34. The molecule has 11 nitrogen and oxygen atoms in total. The van der Waals surface area contributed by atoms with Crippen molar-refractivity contribution in [3.63, 3.8) is 0 Å². The summed E-state index contributed by atoms with van der Waals surface area (Å²) in [5.41, 5.74) is 5.31. The average Bonchev–Trinajstić information content (AvgIpc) is 3.09. The number of rotatable bonds is 35. The summed E-state index contributed by atoms with van der Waals surface area (Å²) in [4.78, 5) is 45.7. The summed E-state index contributed by atoms with van der Waals surface area (Å²) in [6, 6.07) is -1.52. The lowest BCUT2D eigenvalue weighted by molar-refractivity contribution is -0.161. The number of hydrogen-bond donors (Lipinski definition) is 3. The summed E-state index contributed by atoms with van der Waals surface area (Å²) < 4.78 is 32.5. The first kappa shape index (κ1) is 47.7. The van der Waals surface area contributed by atoms with Crippen LogP contribution in [0.15, 0.2) is 36.5 Å². The highest BCUT2D eigenvalue weighted by Gasteiger charge is 2.28. The Morgan fingerprint density at radius 2 is 1.10 bits per heavy atom. The van der Waals surface area contributed by atoms with E-state index in [2.05, 4.69) is 54.8 Å². The first-order chi connectivity index (χ1) is 24.1. The monoisotopic (exact) mass is 729 g/mol. The third-order valence-electron chi connectivity index (χ3n) is 7.84. The van der Waals surface area contributed by atoms with E-state index < -0.39 is 51.1 Å². The number of carbonyl (C=O) groups is 3. The van der Waals surface area contributed by atoms with Gasteiger partial charge in [-0.2, -0.15) is 0 Å². The predicted octanol–water partition coefficient (Wildman–Crippen LogP) is 9.28. The Morgan fingerprint density at radius 1 is 0.620 bits per heavy atom. The van der Waals surface area contributed by atoms with Crippen LogP contribution in [0.2, 0.25) is 0 Å². The van der Waals surface area contributed by atoms with E-state index in [0.29, 0.717) is 12.8 Å². The number of carbonyl (C=O) groups excluding carboxylic acids is 2. The van der Waals surface area contributed by atoms with Crippen molar-refractivity contribution in [1.82, 2.24) is 0 Å². The topological polar surface area (TPSA) is 172 Å². The number of nitrogens with two attached hydrogens (primary N) is 1. The van der Waals surface area contributed by atoms with Crippen LogP contribution in [0.4, 0.5) is 0 Å². The molecule has 0 aromatic heterocycles. The Bertz CT molecular complexity index is 1000. The smallest absolute Gasteiger partial charge is 0.472 e. The van der Waals surface area contributed by atoms with Gasteiger partial charge in [0.05, 0.1) is 13.2 Å². The lowest BCUT2D eigenvalue weighted by atomic mass is 10.1. The van der Waals surface area contributed by atoms with Crippen LogP contribution in [0.1, 0.15) is 155 Å². The number of phosphoric ester groups is 1. The second-order valence-electron chi connectivity index (χ2n) is 12.7. The number of phosphoric acid groups is 1. The van der Waals surface area contributed by atoms with Crippen LogP contribution in [0.3, 0.4) is 0 Å². The molecule has 0 radical (unpaired) electrons. The number of carboxylic acid groups (broad SMARTS) is 1. The summed E-state index contributed by atoms with van der Waals surface area (Å²) in [6.45, 7) is 2.67. The Morgan fingerprint density at radius 3 is 1.66 bits per heavy atom. The van der Waals surface area contributed by atoms with Crippen LogP contribution in [0.5, 0.6) is 0 Å². The molecule has 0 fully saturated rings. The largest absolute Gasteiger partial charge is 0.480 e. The van der Waals surface area contributed by atoms with E-state index >= 15 is 0 Å². The quantitative estimate of drug-likeness (QED) is 0.0246. The molecule has 0 saturated heterocycles. The normalized spacial score (nSPS) is 14.3. The summed E-state index contributed by atoms with van der Waals surface area (Å²) in [7, 11) is -4.71. The van der Waals surface area contributed by atoms with Crippen molar-refractivity contribution in [2.45, 2.75) is 167 Å². The number of esters is 2. The van der Waals surface area contributed by atoms with Crippen molar-refractivity contribution in [2.24, 2.45) is 5.73 Å². The summed E-state index contributed by atoms with van der Waals surface area (Å²) >= 11 is 0. The second kappa shape index (κ2) is 33.8. The number of ether oxygens (including phenoxy) is 2. The van der Waals surface area contributed by atoms with Crippen LogP contribution >= 0.6 is 7.82 Å². The molecule has 0 amide bonds. The lowest BCUT2D eigenvalue weighted by Gasteiger charge is -2.20. The number of aliphatic carboxylic acids is 1. The van der Waals surface area contributed by atoms with Crippen molar-refractivity contribution in [1.29, 1.82) is 0 Å². The van der Waals surface area contributed by atoms with Gasteiger partial charge in [0.25, 0.3) is 0 Å². The molecule has 0 aromatic rings. The molecular weight excluding hydrogens is 661 g/mol. The Labute approximate surface area is 302 Å². The minimum absolute atomic E-state index is 0.143. The zero-order valence-electron chi connectivity index (χ0n) is 31.0. The van der Waals surface area contributed by atoms with E-state index in [9.17, 15) is 23.8 Å². The molecule has 0 saturated carbocycles. The molecule has 3 atom stereocenters. The molecule has 12 heteroatoms. The molecule has 0 aromatic carbocycles. The van der Waals surface area contributed by atoms with Gasteiger partial charge in [0.1, 0.15) is 12.6 Å². The fraction of sp³-hybridized carbons (Fsp3) is 0.763. The van der Waals surface area contributed by atoms with E-state index in [-0.39, 0.29) is 19.4 Å². The molecule has 0 aliphatic carbocycles. The van der Waals surface area contributed by atoms with Crippen molar-refractivity contribution in [3.8, 4) is 0 Å². The maximum absolute atomic E-state index is 12.5. The molecule has 0 aliphatic heterocycles. The van der Waals surface area contributed by atoms with Gasteiger partial charge in [0.15, 0.2) is 6.10 Å². The zero-order valence-corrected chi connectivity index (χ0v) is 31.9. The van der Waals surface area contributed by atoms with Gasteiger partial charge < -0.3 is 25.2 Å². The van der Waals surface area contributed by atoms with Crippen LogP contribution in [-0.2, 0) is 37.5 Å². The maximum atomic E-state index is 12.5. The molecule has 0 spiro atoms. The Hall–Kier alpha value is -2.30. The summed E-state index contributed by atoms with van der Waals surface area (Å²) in [6.07, 6.45) is 33.6. The summed E-state index contributed by atoms with van der Waals surface area (Å²) in [5, 5.41) is 8.85. The molecule has 0 rings (SSSR count). The van der Waals surface area contributed by atoms with E-state index in [1.165, 1.54) is 25.7 Å². The molecule has 290 valence electrons. The highest BCUT2D eigenvalue weighted by atomic mass is 31.2. The number of allylic oxidation sites excluding steroid dienone is 6. The maximum Gasteiger partial charge on any atom is 0.472 e. The van der Waals surface area contributed by atoms with E-state index in [4.69, 9.17) is 24.8 Å². The van der Waals surface area contributed by atoms with Gasteiger partial charge in [-0.1, -0.05) is 115 Å². The fourth-order valence-corrected chi connectivity index (χ4v) is 5.58. The van der Waals surface area contributed by atoms with Crippen LogP contribution in [0.25, 0.3) is 0 Å². The van der Waals surface area contributed by atoms with Gasteiger partial charge in [0.2, 0.25) is 0 Å². The van der Waals surface area contributed by atoms with Gasteiger partial charge in [-0.15, -0.1) is 0 Å². The zero-order chi connectivity index (χ0) is 37.1. The molecule has 4 N–H and O–H groups in total. The van der Waals surface area contributed by atoms with E-state index in [1.54, 1.807) is 0 Å². The minimum atomic E-state index is -4.71. The predicted molar refractivity (Wildman–Crippen MR) is 199 cm³/mol. The van der Waals surface area contributed by atoms with Crippen LogP contribution in [0, 0.1) is 0 Å². The van der Waals surface area contributed by atoms with Crippen LogP contribution < -0.4 is 5.73 Å². The molecular formula is C38H68NO10P. The summed E-state index contributed by atoms with van der Waals surface area (Å²) in [5.74, 6) is -2.41. The van der Waals surface area contributed by atoms with Crippen molar-refractivity contribution in [2.75, 3.05) is 19.8 Å². The van der Waals surface area contributed by atoms with Crippen LogP contribution in [-0.4, -0.2) is 59.9 Å². The van der Waals surface area contributed by atoms with Crippen molar-refractivity contribution >= 4 is 25.7 Å². The van der Waals surface area contributed by atoms with E-state index in [0.717, 1.165) is 89.9 Å².